The van der Waals surface area contributed by atoms with Crippen LogP contribution in [0.1, 0.15) is 5.56 Å². The van der Waals surface area contributed by atoms with Gasteiger partial charge in [0.1, 0.15) is 5.75 Å². The highest BCUT2D eigenvalue weighted by Gasteiger charge is 2.12. The zero-order valence-electron chi connectivity index (χ0n) is 11.2. The second-order valence-corrected chi connectivity index (χ2v) is 4.28. The van der Waals surface area contributed by atoms with Gasteiger partial charge in [-0.2, -0.15) is 0 Å². The minimum absolute atomic E-state index is 0.0709. The summed E-state index contributed by atoms with van der Waals surface area (Å²) < 4.78 is 5.13. The maximum atomic E-state index is 10.8. The number of para-hydroxylation sites is 1. The number of nitro benzene ring substituents is 1. The van der Waals surface area contributed by atoms with Crippen LogP contribution in [0.3, 0.4) is 0 Å². The van der Waals surface area contributed by atoms with Crippen molar-refractivity contribution in [3.05, 3.63) is 52.1 Å². The van der Waals surface area contributed by atoms with E-state index in [4.69, 9.17) is 4.74 Å². The highest BCUT2D eigenvalue weighted by atomic mass is 16.6. The molecular weight excluding hydrogens is 276 g/mol. The number of ether oxygens (including phenoxy) is 1. The van der Waals surface area contributed by atoms with E-state index < -0.39 is 4.92 Å². The number of phenols is 2. The number of hydrogen-bond donors (Lipinski definition) is 3. The smallest absolute Gasteiger partial charge is 0.271 e. The Morgan fingerprint density at radius 3 is 2.71 bits per heavy atom. The first-order valence-electron chi connectivity index (χ1n) is 6.09. The van der Waals surface area contributed by atoms with Gasteiger partial charge < -0.3 is 20.3 Å². The number of hydrogen-bond acceptors (Lipinski definition) is 6. The minimum atomic E-state index is -0.504. The van der Waals surface area contributed by atoms with Crippen LogP contribution in [0.5, 0.6) is 17.2 Å². The van der Waals surface area contributed by atoms with Crippen LogP contribution in [0.4, 0.5) is 11.4 Å². The molecule has 0 fully saturated rings. The fraction of sp³-hybridized carbons (Fsp3) is 0.143. The standard InChI is InChI=1S/C14H14N2O5/c1-21-13-6-5-10(16(19)20)7-11(13)15-8-9-3-2-4-12(17)14(9)18/h2-7,15,17-18H,8H2,1H3. The molecule has 0 radical (unpaired) electrons. The van der Waals surface area contributed by atoms with E-state index in [1.165, 1.54) is 31.4 Å². The Kier molecular flexibility index (Phi) is 4.13. The Balaban J connectivity index is 2.24. The van der Waals surface area contributed by atoms with Gasteiger partial charge in [-0.25, -0.2) is 0 Å². The summed E-state index contributed by atoms with van der Waals surface area (Å²) in [5.41, 5.74) is 0.816. The maximum absolute atomic E-state index is 10.8. The quantitative estimate of drug-likeness (QED) is 0.444. The first-order chi connectivity index (χ1) is 10.0. The van der Waals surface area contributed by atoms with Crippen LogP contribution in [-0.2, 0) is 6.54 Å². The third-order valence-electron chi connectivity index (χ3n) is 2.96. The van der Waals surface area contributed by atoms with Crippen molar-refractivity contribution in [1.82, 2.24) is 0 Å². The third-order valence-corrected chi connectivity index (χ3v) is 2.96. The first-order valence-corrected chi connectivity index (χ1v) is 6.09. The summed E-state index contributed by atoms with van der Waals surface area (Å²) in [5, 5.41) is 32.9. The number of anilines is 1. The molecule has 0 spiro atoms. The molecule has 3 N–H and O–H groups in total. The van der Waals surface area contributed by atoms with E-state index in [1.54, 1.807) is 12.1 Å². The summed E-state index contributed by atoms with van der Waals surface area (Å²) in [4.78, 5) is 10.3. The summed E-state index contributed by atoms with van der Waals surface area (Å²) in [6.45, 7) is 0.178. The molecule has 7 nitrogen and oxygen atoms in total. The lowest BCUT2D eigenvalue weighted by molar-refractivity contribution is -0.384. The zero-order chi connectivity index (χ0) is 15.4. The molecule has 0 aromatic heterocycles. The molecule has 0 aliphatic carbocycles. The van der Waals surface area contributed by atoms with Gasteiger partial charge in [0.15, 0.2) is 11.5 Å². The van der Waals surface area contributed by atoms with Crippen LogP contribution < -0.4 is 10.1 Å². The molecule has 21 heavy (non-hydrogen) atoms. The molecule has 110 valence electrons. The Morgan fingerprint density at radius 1 is 1.29 bits per heavy atom. The molecule has 2 aromatic carbocycles. The minimum Gasteiger partial charge on any atom is -0.504 e. The second-order valence-electron chi connectivity index (χ2n) is 4.28. The molecular formula is C14H14N2O5. The van der Waals surface area contributed by atoms with Crippen molar-refractivity contribution in [2.24, 2.45) is 0 Å². The molecule has 0 saturated carbocycles. The van der Waals surface area contributed by atoms with Gasteiger partial charge in [-0.05, 0) is 12.1 Å². The highest BCUT2D eigenvalue weighted by Crippen LogP contribution is 2.32. The molecule has 0 aliphatic rings. The number of rotatable bonds is 5. The lowest BCUT2D eigenvalue weighted by Crippen LogP contribution is -2.02. The average molecular weight is 290 g/mol. The Morgan fingerprint density at radius 2 is 2.05 bits per heavy atom. The number of nitro groups is 1. The van der Waals surface area contributed by atoms with E-state index >= 15 is 0 Å². The van der Waals surface area contributed by atoms with Crippen molar-refractivity contribution < 1.29 is 19.9 Å². The number of nitrogens with zero attached hydrogens (tertiary/aromatic N) is 1. The Bertz CT molecular complexity index is 672. The number of phenolic OH excluding ortho intramolecular Hbond substituents is 2. The SMILES string of the molecule is COc1ccc([N+](=O)[O-])cc1NCc1cccc(O)c1O. The molecule has 0 atom stereocenters. The molecule has 0 heterocycles. The predicted molar refractivity (Wildman–Crippen MR) is 76.7 cm³/mol. The average Bonchev–Trinajstić information content (AvgIpc) is 2.48. The molecule has 7 heteroatoms. The highest BCUT2D eigenvalue weighted by molar-refractivity contribution is 5.62. The van der Waals surface area contributed by atoms with Crippen LogP contribution in [0.15, 0.2) is 36.4 Å². The fourth-order valence-corrected chi connectivity index (χ4v) is 1.86. The second kappa shape index (κ2) is 6.00. The van der Waals surface area contributed by atoms with Gasteiger partial charge in [0.05, 0.1) is 17.7 Å². The third kappa shape index (κ3) is 3.14. The van der Waals surface area contributed by atoms with Gasteiger partial charge in [0, 0.05) is 24.2 Å². The van der Waals surface area contributed by atoms with Gasteiger partial charge in [0.25, 0.3) is 5.69 Å². The number of non-ortho nitro benzene ring substituents is 1. The van der Waals surface area contributed by atoms with Crippen LogP contribution in [0.2, 0.25) is 0 Å². The topological polar surface area (TPSA) is 105 Å². The number of methoxy groups -OCH3 is 1. The van der Waals surface area contributed by atoms with Crippen LogP contribution in [-0.4, -0.2) is 22.2 Å². The van der Waals surface area contributed by atoms with Crippen molar-refractivity contribution in [3.63, 3.8) is 0 Å². The normalized spacial score (nSPS) is 10.1. The summed E-state index contributed by atoms with van der Waals surface area (Å²) in [6.07, 6.45) is 0. The first kappa shape index (κ1) is 14.4. The van der Waals surface area contributed by atoms with Crippen LogP contribution in [0.25, 0.3) is 0 Å². The van der Waals surface area contributed by atoms with Crippen LogP contribution >= 0.6 is 0 Å². The molecule has 0 saturated heterocycles. The van der Waals surface area contributed by atoms with Gasteiger partial charge >= 0.3 is 0 Å². The monoisotopic (exact) mass is 290 g/mol. The van der Waals surface area contributed by atoms with E-state index in [0.717, 1.165) is 0 Å². The van der Waals surface area contributed by atoms with Crippen molar-refractivity contribution >= 4 is 11.4 Å². The van der Waals surface area contributed by atoms with E-state index in [-0.39, 0.29) is 23.7 Å². The number of nitrogens with one attached hydrogen (secondary N) is 1. The maximum Gasteiger partial charge on any atom is 0.271 e. The lowest BCUT2D eigenvalue weighted by atomic mass is 10.1. The summed E-state index contributed by atoms with van der Waals surface area (Å²) in [7, 11) is 1.46. The van der Waals surface area contributed by atoms with Gasteiger partial charge in [-0.1, -0.05) is 12.1 Å². The fourth-order valence-electron chi connectivity index (χ4n) is 1.86. The summed E-state index contributed by atoms with van der Waals surface area (Å²) in [5.74, 6) is -0.00468. The van der Waals surface area contributed by atoms with E-state index in [2.05, 4.69) is 5.32 Å². The van der Waals surface area contributed by atoms with E-state index in [1.807, 2.05) is 0 Å². The molecule has 2 rings (SSSR count). The molecule has 0 amide bonds. The number of benzene rings is 2. The van der Waals surface area contributed by atoms with Gasteiger partial charge in [-0.15, -0.1) is 0 Å². The van der Waals surface area contributed by atoms with E-state index in [9.17, 15) is 20.3 Å². The number of aromatic hydroxyl groups is 2. The Hall–Kier alpha value is -2.96. The predicted octanol–water partition coefficient (Wildman–Crippen LogP) is 2.63. The summed E-state index contributed by atoms with van der Waals surface area (Å²) >= 11 is 0. The van der Waals surface area contributed by atoms with Gasteiger partial charge in [0.2, 0.25) is 0 Å². The van der Waals surface area contributed by atoms with Crippen molar-refractivity contribution in [1.29, 1.82) is 0 Å². The molecule has 0 unspecified atom stereocenters. The lowest BCUT2D eigenvalue weighted by Gasteiger charge is -2.12. The van der Waals surface area contributed by atoms with Crippen molar-refractivity contribution in [3.8, 4) is 17.2 Å². The largest absolute Gasteiger partial charge is 0.504 e. The van der Waals surface area contributed by atoms with Crippen molar-refractivity contribution in [2.45, 2.75) is 6.54 Å². The van der Waals surface area contributed by atoms with Crippen molar-refractivity contribution in [2.75, 3.05) is 12.4 Å². The Labute approximate surface area is 120 Å². The molecule has 0 aliphatic heterocycles. The van der Waals surface area contributed by atoms with E-state index in [0.29, 0.717) is 17.0 Å². The summed E-state index contributed by atoms with van der Waals surface area (Å²) in [6, 6.07) is 8.77. The molecule has 2 aromatic rings. The van der Waals surface area contributed by atoms with Gasteiger partial charge in [-0.3, -0.25) is 10.1 Å². The zero-order valence-corrected chi connectivity index (χ0v) is 11.2. The van der Waals surface area contributed by atoms with Crippen LogP contribution in [0, 0.1) is 10.1 Å². The molecule has 0 bridgehead atoms.